The molecule has 1 aromatic heterocycles. The molecule has 40 heavy (non-hydrogen) atoms. The van der Waals surface area contributed by atoms with Crippen molar-refractivity contribution in [3.63, 3.8) is 0 Å². The number of rotatable bonds is 10. The van der Waals surface area contributed by atoms with Crippen molar-refractivity contribution in [1.82, 2.24) is 9.88 Å². The van der Waals surface area contributed by atoms with E-state index in [1.54, 1.807) is 24.3 Å². The highest BCUT2D eigenvalue weighted by Crippen LogP contribution is 2.42. The summed E-state index contributed by atoms with van der Waals surface area (Å²) >= 11 is 6.50. The molecular formula is C28H33ClF2N4O4S. The highest BCUT2D eigenvalue weighted by atomic mass is 35.5. The van der Waals surface area contributed by atoms with Crippen LogP contribution in [0.5, 0.6) is 11.5 Å². The zero-order valence-corrected chi connectivity index (χ0v) is 24.9. The quantitative estimate of drug-likeness (QED) is 0.302. The van der Waals surface area contributed by atoms with E-state index in [1.165, 1.54) is 33.3 Å². The lowest BCUT2D eigenvalue weighted by molar-refractivity contribution is 0.231. The van der Waals surface area contributed by atoms with Gasteiger partial charge in [0.05, 0.1) is 26.5 Å². The summed E-state index contributed by atoms with van der Waals surface area (Å²) in [5, 5.41) is -0.284. The van der Waals surface area contributed by atoms with Crippen molar-refractivity contribution in [3.8, 4) is 11.5 Å². The average Bonchev–Trinajstić information content (AvgIpc) is 2.91. The Labute approximate surface area is 239 Å². The van der Waals surface area contributed by atoms with Gasteiger partial charge in [-0.25, -0.2) is 22.1 Å². The first-order valence-electron chi connectivity index (χ1n) is 12.6. The molecule has 1 saturated heterocycles. The number of halogens is 3. The van der Waals surface area contributed by atoms with Crippen molar-refractivity contribution in [2.75, 3.05) is 50.6 Å². The average molecular weight is 595 g/mol. The van der Waals surface area contributed by atoms with Crippen LogP contribution in [0, 0.1) is 24.6 Å². The van der Waals surface area contributed by atoms with Gasteiger partial charge in [0.1, 0.15) is 27.2 Å². The highest BCUT2D eigenvalue weighted by molar-refractivity contribution is 7.92. The fraction of sp³-hybridized carbons (Fsp3) is 0.393. The second kappa shape index (κ2) is 11.8. The topological polar surface area (TPSA) is 75.2 Å². The number of aryl methyl sites for hydroxylation is 1. The molecule has 2 atom stereocenters. The zero-order valence-electron chi connectivity index (χ0n) is 23.3. The monoisotopic (exact) mass is 594 g/mol. The lowest BCUT2D eigenvalue weighted by atomic mass is 9.88. The van der Waals surface area contributed by atoms with Crippen LogP contribution in [0.25, 0.3) is 0 Å². The molecule has 0 bridgehead atoms. The van der Waals surface area contributed by atoms with E-state index in [-0.39, 0.29) is 29.0 Å². The van der Waals surface area contributed by atoms with Gasteiger partial charge in [0.25, 0.3) is 10.0 Å². The third-order valence-corrected chi connectivity index (χ3v) is 9.43. The SMILES string of the molecule is COc1ccc(CN(c2cccc(F)n2)S(=O)(=O)c2c(C)cc(N3C[C@H](CN(C)C)[C@H]3C)c(Cl)c2F)c(OC)c1. The Bertz CT molecular complexity index is 1510. The van der Waals surface area contributed by atoms with Crippen molar-refractivity contribution in [1.29, 1.82) is 0 Å². The van der Waals surface area contributed by atoms with Crippen LogP contribution in [0.2, 0.25) is 5.02 Å². The molecule has 1 aliphatic heterocycles. The van der Waals surface area contributed by atoms with Gasteiger partial charge in [-0.1, -0.05) is 17.7 Å². The summed E-state index contributed by atoms with van der Waals surface area (Å²) in [6, 6.07) is 10.3. The van der Waals surface area contributed by atoms with Crippen molar-refractivity contribution < 1.29 is 26.7 Å². The molecule has 216 valence electrons. The summed E-state index contributed by atoms with van der Waals surface area (Å²) in [6.45, 7) is 4.77. The predicted octanol–water partition coefficient (Wildman–Crippen LogP) is 5.12. The number of ether oxygens (including phenoxy) is 2. The summed E-state index contributed by atoms with van der Waals surface area (Å²) in [5.74, 6) is -0.976. The van der Waals surface area contributed by atoms with Gasteiger partial charge in [0, 0.05) is 36.7 Å². The van der Waals surface area contributed by atoms with Crippen LogP contribution < -0.4 is 18.7 Å². The van der Waals surface area contributed by atoms with E-state index in [2.05, 4.69) is 9.88 Å². The Morgan fingerprint density at radius 2 is 1.85 bits per heavy atom. The molecule has 3 aromatic rings. The number of nitrogens with zero attached hydrogens (tertiary/aromatic N) is 4. The first-order chi connectivity index (χ1) is 18.9. The van der Waals surface area contributed by atoms with Crippen LogP contribution in [-0.4, -0.2) is 65.7 Å². The summed E-state index contributed by atoms with van der Waals surface area (Å²) in [4.78, 5) is 7.25. The fourth-order valence-corrected chi connectivity index (χ4v) is 6.99. The molecule has 0 aliphatic carbocycles. The zero-order chi connectivity index (χ0) is 29.4. The van der Waals surface area contributed by atoms with Gasteiger partial charge in [-0.15, -0.1) is 0 Å². The van der Waals surface area contributed by atoms with Crippen LogP contribution in [0.1, 0.15) is 18.1 Å². The molecular weight excluding hydrogens is 562 g/mol. The molecule has 1 aliphatic rings. The van der Waals surface area contributed by atoms with Crippen LogP contribution in [-0.2, 0) is 16.6 Å². The van der Waals surface area contributed by atoms with Crippen LogP contribution in [0.15, 0.2) is 47.4 Å². The van der Waals surface area contributed by atoms with Crippen molar-refractivity contribution in [2.24, 2.45) is 5.92 Å². The summed E-state index contributed by atoms with van der Waals surface area (Å²) in [6.07, 6.45) is 0. The maximum Gasteiger partial charge on any atom is 0.269 e. The van der Waals surface area contributed by atoms with E-state index in [4.69, 9.17) is 21.1 Å². The number of sulfonamides is 1. The molecule has 0 spiro atoms. The van der Waals surface area contributed by atoms with E-state index in [0.717, 1.165) is 16.9 Å². The van der Waals surface area contributed by atoms with Gasteiger partial charge in [0.2, 0.25) is 5.95 Å². The number of hydrogen-bond acceptors (Lipinski definition) is 7. The van der Waals surface area contributed by atoms with Gasteiger partial charge in [0.15, 0.2) is 5.82 Å². The number of benzene rings is 2. The van der Waals surface area contributed by atoms with E-state index >= 15 is 4.39 Å². The number of aromatic nitrogens is 1. The molecule has 12 heteroatoms. The predicted molar refractivity (Wildman–Crippen MR) is 152 cm³/mol. The molecule has 0 radical (unpaired) electrons. The van der Waals surface area contributed by atoms with Crippen LogP contribution in [0.3, 0.4) is 0 Å². The van der Waals surface area contributed by atoms with E-state index < -0.39 is 26.7 Å². The number of methoxy groups -OCH3 is 2. The van der Waals surface area contributed by atoms with Crippen LogP contribution in [0.4, 0.5) is 20.3 Å². The Morgan fingerprint density at radius 1 is 1.12 bits per heavy atom. The number of hydrogen-bond donors (Lipinski definition) is 0. The van der Waals surface area contributed by atoms with Gasteiger partial charge < -0.3 is 19.3 Å². The second-order valence-corrected chi connectivity index (χ2v) is 12.3. The molecule has 0 unspecified atom stereocenters. The minimum Gasteiger partial charge on any atom is -0.497 e. The van der Waals surface area contributed by atoms with Crippen molar-refractivity contribution in [2.45, 2.75) is 31.3 Å². The minimum absolute atomic E-state index is 0.0942. The molecule has 8 nitrogen and oxygen atoms in total. The normalized spacial score (nSPS) is 17.1. The molecule has 1 fully saturated rings. The Balaban J connectivity index is 1.79. The van der Waals surface area contributed by atoms with Gasteiger partial charge >= 0.3 is 0 Å². The second-order valence-electron chi connectivity index (χ2n) is 10.1. The first-order valence-corrected chi connectivity index (χ1v) is 14.5. The Morgan fingerprint density at radius 3 is 2.45 bits per heavy atom. The molecule has 4 rings (SSSR count). The van der Waals surface area contributed by atoms with E-state index in [9.17, 15) is 12.8 Å². The molecule has 0 N–H and O–H groups in total. The maximum atomic E-state index is 16.0. The number of anilines is 2. The summed E-state index contributed by atoms with van der Waals surface area (Å²) in [5.41, 5.74) is 1.04. The first kappa shape index (κ1) is 29.8. The number of pyridine rings is 1. The Hall–Kier alpha value is -3.15. The van der Waals surface area contributed by atoms with E-state index in [1.807, 2.05) is 25.9 Å². The molecule has 2 aromatic carbocycles. The van der Waals surface area contributed by atoms with Gasteiger partial charge in [-0.2, -0.15) is 4.39 Å². The lowest BCUT2D eigenvalue weighted by Gasteiger charge is -2.49. The maximum absolute atomic E-state index is 16.0. The standard InChI is InChI=1S/C28H33ClF2N4O4S/c1-17-12-22(34-15-20(18(34)2)14-33(3)4)26(29)27(31)28(17)40(36,37)35(25-9-7-8-24(30)32-25)16-19-10-11-21(38-5)13-23(19)39-6/h7-13,18,20H,14-16H2,1-6H3/t18-,20+/m1/s1. The fourth-order valence-electron chi connectivity index (χ4n) is 5.00. The molecule has 2 heterocycles. The van der Waals surface area contributed by atoms with Crippen LogP contribution >= 0.6 is 11.6 Å². The smallest absolute Gasteiger partial charge is 0.269 e. The largest absolute Gasteiger partial charge is 0.497 e. The lowest BCUT2D eigenvalue weighted by Crippen LogP contribution is -2.58. The molecule has 0 saturated carbocycles. The summed E-state index contributed by atoms with van der Waals surface area (Å²) in [7, 11) is 2.27. The molecule has 0 amide bonds. The third kappa shape index (κ3) is 5.68. The third-order valence-electron chi connectivity index (χ3n) is 7.15. The van der Waals surface area contributed by atoms with Gasteiger partial charge in [-0.3, -0.25) is 0 Å². The Kier molecular flexibility index (Phi) is 8.77. The minimum atomic E-state index is -4.63. The van der Waals surface area contributed by atoms with E-state index in [0.29, 0.717) is 35.2 Å². The highest BCUT2D eigenvalue weighted by Gasteiger charge is 2.39. The van der Waals surface area contributed by atoms with Gasteiger partial charge in [-0.05, 0) is 63.8 Å². The van der Waals surface area contributed by atoms with Crippen molar-refractivity contribution >= 4 is 33.1 Å². The summed E-state index contributed by atoms with van der Waals surface area (Å²) < 4.78 is 70.0. The van der Waals surface area contributed by atoms with Crippen molar-refractivity contribution in [3.05, 3.63) is 70.4 Å².